The van der Waals surface area contributed by atoms with Gasteiger partial charge in [0.15, 0.2) is 0 Å². The highest BCUT2D eigenvalue weighted by Gasteiger charge is 2.38. The number of carboxylic acids is 1. The van der Waals surface area contributed by atoms with Crippen LogP contribution < -0.4 is 5.32 Å². The number of likely N-dealkylation sites (tertiary alicyclic amines) is 1. The monoisotopic (exact) mass is 202 g/mol. The van der Waals surface area contributed by atoms with Gasteiger partial charge in [-0.1, -0.05) is 0 Å². The molecule has 0 bridgehead atoms. The zero-order valence-corrected chi connectivity index (χ0v) is 7.93. The highest BCUT2D eigenvalue weighted by molar-refractivity contribution is 5.83. The summed E-state index contributed by atoms with van der Waals surface area (Å²) in [5.74, 6) is -1.08. The molecule has 1 fully saturated rings. The van der Waals surface area contributed by atoms with Crippen molar-refractivity contribution in [3.63, 3.8) is 0 Å². The van der Waals surface area contributed by atoms with Gasteiger partial charge in [-0.3, -0.25) is 0 Å². The predicted octanol–water partition coefficient (Wildman–Crippen LogP) is -0.764. The number of hydrogen-bond acceptors (Lipinski definition) is 3. The number of aliphatic carboxylic acids is 1. The number of aliphatic hydroxyl groups is 1. The largest absolute Gasteiger partial charge is 0.480 e. The number of rotatable bonds is 2. The molecule has 1 aliphatic rings. The number of urea groups is 1. The molecule has 6 heteroatoms. The van der Waals surface area contributed by atoms with Gasteiger partial charge in [0.1, 0.15) is 6.04 Å². The molecule has 0 saturated carbocycles. The van der Waals surface area contributed by atoms with Crippen LogP contribution in [0.5, 0.6) is 0 Å². The van der Waals surface area contributed by atoms with Crippen molar-refractivity contribution >= 4 is 12.0 Å². The second kappa shape index (κ2) is 4.28. The molecule has 0 spiro atoms. The molecule has 0 aromatic carbocycles. The Morgan fingerprint density at radius 1 is 1.57 bits per heavy atom. The number of nitrogens with zero attached hydrogens (tertiary/aromatic N) is 1. The normalized spacial score (nSPS) is 26.3. The first-order valence-corrected chi connectivity index (χ1v) is 4.51. The Balaban J connectivity index is 2.66. The molecule has 0 aromatic heterocycles. The maximum absolute atomic E-state index is 11.3. The minimum atomic E-state index is -1.08. The summed E-state index contributed by atoms with van der Waals surface area (Å²) in [6.07, 6.45) is -0.634. The Morgan fingerprint density at radius 2 is 2.21 bits per heavy atom. The van der Waals surface area contributed by atoms with Gasteiger partial charge in [0.25, 0.3) is 0 Å². The quantitative estimate of drug-likeness (QED) is 0.548. The summed E-state index contributed by atoms with van der Waals surface area (Å²) < 4.78 is 0. The van der Waals surface area contributed by atoms with Gasteiger partial charge in [-0.25, -0.2) is 9.59 Å². The summed E-state index contributed by atoms with van der Waals surface area (Å²) in [5, 5.41) is 20.5. The second-order valence-electron chi connectivity index (χ2n) is 3.23. The van der Waals surface area contributed by atoms with E-state index in [0.29, 0.717) is 6.54 Å². The van der Waals surface area contributed by atoms with Crippen molar-refractivity contribution in [1.82, 2.24) is 10.2 Å². The van der Waals surface area contributed by atoms with Gasteiger partial charge in [0, 0.05) is 19.5 Å². The van der Waals surface area contributed by atoms with Gasteiger partial charge in [-0.15, -0.1) is 0 Å². The van der Waals surface area contributed by atoms with Crippen molar-refractivity contribution in [3.05, 3.63) is 0 Å². The van der Waals surface area contributed by atoms with Crippen molar-refractivity contribution in [3.8, 4) is 0 Å². The van der Waals surface area contributed by atoms with E-state index in [-0.39, 0.29) is 13.0 Å². The lowest BCUT2D eigenvalue weighted by atomic mass is 10.2. The summed E-state index contributed by atoms with van der Waals surface area (Å²) in [5.41, 5.74) is 0. The predicted molar refractivity (Wildman–Crippen MR) is 47.8 cm³/mol. The average molecular weight is 202 g/mol. The number of amides is 2. The molecule has 80 valence electrons. The molecule has 0 radical (unpaired) electrons. The van der Waals surface area contributed by atoms with E-state index in [0.717, 1.165) is 4.90 Å². The van der Waals surface area contributed by atoms with Gasteiger partial charge in [-0.2, -0.15) is 0 Å². The zero-order valence-electron chi connectivity index (χ0n) is 7.93. The fraction of sp³-hybridized carbons (Fsp3) is 0.750. The Labute approximate surface area is 81.5 Å². The zero-order chi connectivity index (χ0) is 10.7. The van der Waals surface area contributed by atoms with Crippen molar-refractivity contribution in [1.29, 1.82) is 0 Å². The minimum absolute atomic E-state index is 0.0861. The summed E-state index contributed by atoms with van der Waals surface area (Å²) in [6.45, 7) is 2.28. The lowest BCUT2D eigenvalue weighted by Gasteiger charge is -2.20. The topological polar surface area (TPSA) is 89.9 Å². The van der Waals surface area contributed by atoms with Crippen LogP contribution in [0.2, 0.25) is 0 Å². The molecule has 2 atom stereocenters. The summed E-state index contributed by atoms with van der Waals surface area (Å²) in [4.78, 5) is 23.2. The number of aliphatic hydroxyl groups excluding tert-OH is 1. The van der Waals surface area contributed by atoms with Gasteiger partial charge in [-0.05, 0) is 6.92 Å². The Morgan fingerprint density at radius 3 is 2.71 bits per heavy atom. The summed E-state index contributed by atoms with van der Waals surface area (Å²) in [7, 11) is 0. The van der Waals surface area contributed by atoms with Crippen molar-refractivity contribution < 1.29 is 19.8 Å². The van der Waals surface area contributed by atoms with E-state index in [4.69, 9.17) is 5.11 Å². The molecule has 0 aromatic rings. The van der Waals surface area contributed by atoms with Crippen LogP contribution in [0.3, 0.4) is 0 Å². The molecule has 2 amide bonds. The fourth-order valence-corrected chi connectivity index (χ4v) is 1.53. The fourth-order valence-electron chi connectivity index (χ4n) is 1.53. The molecule has 0 unspecified atom stereocenters. The number of hydrogen-bond donors (Lipinski definition) is 3. The van der Waals surface area contributed by atoms with E-state index in [1.807, 2.05) is 0 Å². The molecule has 1 saturated heterocycles. The number of β-amino-alcohol motifs (C(OH)–C–C–N with tert-alkyl or cyclic N) is 1. The van der Waals surface area contributed by atoms with Crippen molar-refractivity contribution in [2.24, 2.45) is 0 Å². The standard InChI is InChI=1S/C8H14N2O4/c1-2-9-8(14)10-4-5(11)3-6(10)7(12)13/h5-6,11H,2-4H2,1H3,(H,9,14)(H,12,13)/t5-,6+/m1/s1. The van der Waals surface area contributed by atoms with Gasteiger partial charge >= 0.3 is 12.0 Å². The van der Waals surface area contributed by atoms with Crippen LogP contribution in [0.25, 0.3) is 0 Å². The third kappa shape index (κ3) is 2.14. The third-order valence-electron chi connectivity index (χ3n) is 2.15. The molecule has 1 rings (SSSR count). The van der Waals surface area contributed by atoms with Gasteiger partial charge in [0.2, 0.25) is 0 Å². The number of carbonyl (C=O) groups is 2. The van der Waals surface area contributed by atoms with Crippen molar-refractivity contribution in [2.75, 3.05) is 13.1 Å². The van der Waals surface area contributed by atoms with Gasteiger partial charge < -0.3 is 20.4 Å². The maximum Gasteiger partial charge on any atom is 0.326 e. The summed E-state index contributed by atoms with van der Waals surface area (Å²) in [6, 6.07) is -1.34. The maximum atomic E-state index is 11.3. The lowest BCUT2D eigenvalue weighted by molar-refractivity contribution is -0.141. The van der Waals surface area contributed by atoms with Crippen LogP contribution in [-0.2, 0) is 4.79 Å². The van der Waals surface area contributed by atoms with E-state index in [1.165, 1.54) is 0 Å². The Kier molecular flexibility index (Phi) is 3.29. The van der Waals surface area contributed by atoms with Crippen LogP contribution in [-0.4, -0.2) is 52.3 Å². The minimum Gasteiger partial charge on any atom is -0.480 e. The Bertz CT molecular complexity index is 243. The van der Waals surface area contributed by atoms with Crippen LogP contribution >= 0.6 is 0 Å². The first kappa shape index (κ1) is 10.8. The van der Waals surface area contributed by atoms with Crippen LogP contribution in [0.1, 0.15) is 13.3 Å². The molecular weight excluding hydrogens is 188 g/mol. The smallest absolute Gasteiger partial charge is 0.326 e. The van der Waals surface area contributed by atoms with Crippen LogP contribution in [0.15, 0.2) is 0 Å². The highest BCUT2D eigenvalue weighted by Crippen LogP contribution is 2.17. The number of carbonyl (C=O) groups excluding carboxylic acids is 1. The van der Waals surface area contributed by atoms with Crippen molar-refractivity contribution in [2.45, 2.75) is 25.5 Å². The van der Waals surface area contributed by atoms with Crippen LogP contribution in [0.4, 0.5) is 4.79 Å². The molecule has 6 nitrogen and oxygen atoms in total. The molecule has 3 N–H and O–H groups in total. The van der Waals surface area contributed by atoms with E-state index in [2.05, 4.69) is 5.32 Å². The molecular formula is C8H14N2O4. The number of carboxylic acid groups (broad SMARTS) is 1. The first-order valence-electron chi connectivity index (χ1n) is 4.51. The van der Waals surface area contributed by atoms with Gasteiger partial charge in [0.05, 0.1) is 6.10 Å². The second-order valence-corrected chi connectivity index (χ2v) is 3.23. The molecule has 1 heterocycles. The van der Waals surface area contributed by atoms with E-state index in [9.17, 15) is 14.7 Å². The number of nitrogens with one attached hydrogen (secondary N) is 1. The highest BCUT2D eigenvalue weighted by atomic mass is 16.4. The van der Waals surface area contributed by atoms with E-state index in [1.54, 1.807) is 6.92 Å². The van der Waals surface area contributed by atoms with Crippen LogP contribution in [0, 0.1) is 0 Å². The molecule has 1 aliphatic heterocycles. The third-order valence-corrected chi connectivity index (χ3v) is 2.15. The molecule has 0 aliphatic carbocycles. The summed E-state index contributed by atoms with van der Waals surface area (Å²) >= 11 is 0. The average Bonchev–Trinajstić information content (AvgIpc) is 2.48. The first-order chi connectivity index (χ1) is 6.56. The SMILES string of the molecule is CCNC(=O)N1C[C@H](O)C[C@H]1C(=O)O. The Hall–Kier alpha value is -1.30. The van der Waals surface area contributed by atoms with E-state index < -0.39 is 24.1 Å². The van der Waals surface area contributed by atoms with E-state index >= 15 is 0 Å². The molecule has 14 heavy (non-hydrogen) atoms. The lowest BCUT2D eigenvalue weighted by Crippen LogP contribution is -2.46.